The Balaban J connectivity index is 1.41. The summed E-state index contributed by atoms with van der Waals surface area (Å²) in [6, 6.07) is 9.67. The first-order valence-corrected chi connectivity index (χ1v) is 9.06. The number of hydrogen-bond acceptors (Lipinski definition) is 5. The molecule has 0 aromatic carbocycles. The number of anilines is 1. The Labute approximate surface area is 157 Å². The zero-order valence-electron chi connectivity index (χ0n) is 14.3. The molecule has 1 aliphatic heterocycles. The molecule has 4 rings (SSSR count). The number of rotatable bonds is 3. The SMILES string of the molecule is N#Cc1ccc(N2CCCN(Cc3cn4cc(Cl)ccc4n3)CC2)nc1. The molecular formula is C19H19ClN6. The molecule has 0 bridgehead atoms. The molecule has 0 spiro atoms. The Bertz CT molecular complexity index is 943. The van der Waals surface area contributed by atoms with Crippen LogP contribution >= 0.6 is 11.6 Å². The van der Waals surface area contributed by atoms with Crippen LogP contribution in [0, 0.1) is 11.3 Å². The normalized spacial score (nSPS) is 15.8. The maximum atomic E-state index is 8.90. The molecule has 0 aliphatic carbocycles. The summed E-state index contributed by atoms with van der Waals surface area (Å²) in [5.41, 5.74) is 2.57. The second-order valence-corrected chi connectivity index (χ2v) is 6.92. The molecule has 1 aliphatic rings. The van der Waals surface area contributed by atoms with Gasteiger partial charge in [-0.05, 0) is 30.7 Å². The smallest absolute Gasteiger partial charge is 0.137 e. The van der Waals surface area contributed by atoms with Gasteiger partial charge in [-0.3, -0.25) is 4.90 Å². The molecule has 0 atom stereocenters. The quantitative estimate of drug-likeness (QED) is 0.713. The standard InChI is InChI=1S/C19H19ClN6/c20-16-3-5-19-23-17(14-26(19)12-16)13-24-6-1-7-25(9-8-24)18-4-2-15(10-21)11-22-18/h2-5,11-12,14H,1,6-9,13H2. The van der Waals surface area contributed by atoms with Gasteiger partial charge in [0.15, 0.2) is 0 Å². The molecular weight excluding hydrogens is 348 g/mol. The fourth-order valence-electron chi connectivity index (χ4n) is 3.32. The average Bonchev–Trinajstić information content (AvgIpc) is 2.90. The average molecular weight is 367 g/mol. The van der Waals surface area contributed by atoms with E-state index in [4.69, 9.17) is 16.9 Å². The summed E-state index contributed by atoms with van der Waals surface area (Å²) in [5, 5.41) is 9.61. The van der Waals surface area contributed by atoms with Crippen molar-refractivity contribution in [1.29, 1.82) is 5.26 Å². The van der Waals surface area contributed by atoms with Gasteiger partial charge in [0.2, 0.25) is 0 Å². The second kappa shape index (κ2) is 7.32. The van der Waals surface area contributed by atoms with E-state index in [-0.39, 0.29) is 0 Å². The molecule has 6 nitrogen and oxygen atoms in total. The first-order chi connectivity index (χ1) is 12.7. The highest BCUT2D eigenvalue weighted by Gasteiger charge is 2.17. The topological polar surface area (TPSA) is 60.5 Å². The molecule has 0 radical (unpaired) electrons. The Morgan fingerprint density at radius 1 is 1.08 bits per heavy atom. The zero-order chi connectivity index (χ0) is 17.9. The van der Waals surface area contributed by atoms with Crippen molar-refractivity contribution < 1.29 is 0 Å². The maximum Gasteiger partial charge on any atom is 0.137 e. The highest BCUT2D eigenvalue weighted by Crippen LogP contribution is 2.16. The van der Waals surface area contributed by atoms with Crippen molar-refractivity contribution in [2.45, 2.75) is 13.0 Å². The minimum absolute atomic E-state index is 0.595. The lowest BCUT2D eigenvalue weighted by Crippen LogP contribution is -2.31. The lowest BCUT2D eigenvalue weighted by atomic mass is 10.3. The highest BCUT2D eigenvalue weighted by molar-refractivity contribution is 6.30. The van der Waals surface area contributed by atoms with Crippen LogP contribution < -0.4 is 4.90 Å². The molecule has 4 heterocycles. The predicted octanol–water partition coefficient (Wildman–Crippen LogP) is 2.97. The van der Waals surface area contributed by atoms with Crippen molar-refractivity contribution in [2.24, 2.45) is 0 Å². The van der Waals surface area contributed by atoms with Gasteiger partial charge in [0.1, 0.15) is 17.5 Å². The van der Waals surface area contributed by atoms with Crippen molar-refractivity contribution in [2.75, 3.05) is 31.1 Å². The lowest BCUT2D eigenvalue weighted by Gasteiger charge is -2.22. The summed E-state index contributed by atoms with van der Waals surface area (Å²) in [6.45, 7) is 4.69. The fraction of sp³-hybridized carbons (Fsp3) is 0.316. The van der Waals surface area contributed by atoms with Crippen LogP contribution in [0.2, 0.25) is 5.02 Å². The van der Waals surface area contributed by atoms with Gasteiger partial charge in [0.05, 0.1) is 16.3 Å². The van der Waals surface area contributed by atoms with Crippen LogP contribution in [0.4, 0.5) is 5.82 Å². The molecule has 26 heavy (non-hydrogen) atoms. The van der Waals surface area contributed by atoms with E-state index in [2.05, 4.69) is 25.8 Å². The number of imidazole rings is 1. The molecule has 0 saturated carbocycles. The third-order valence-corrected chi connectivity index (χ3v) is 4.86. The number of pyridine rings is 2. The monoisotopic (exact) mass is 366 g/mol. The number of halogens is 1. The van der Waals surface area contributed by atoms with Crippen LogP contribution in [0.25, 0.3) is 5.65 Å². The van der Waals surface area contributed by atoms with E-state index in [0.717, 1.165) is 56.3 Å². The second-order valence-electron chi connectivity index (χ2n) is 6.48. The minimum atomic E-state index is 0.595. The molecule has 7 heteroatoms. The van der Waals surface area contributed by atoms with E-state index in [9.17, 15) is 0 Å². The predicted molar refractivity (Wildman–Crippen MR) is 101 cm³/mol. The van der Waals surface area contributed by atoms with Gasteiger partial charge >= 0.3 is 0 Å². The molecule has 132 valence electrons. The van der Waals surface area contributed by atoms with Gasteiger partial charge < -0.3 is 9.30 Å². The molecule has 0 unspecified atom stereocenters. The van der Waals surface area contributed by atoms with Gasteiger partial charge in [0, 0.05) is 51.3 Å². The summed E-state index contributed by atoms with van der Waals surface area (Å²) < 4.78 is 1.97. The molecule has 3 aromatic rings. The number of aromatic nitrogens is 3. The Kier molecular flexibility index (Phi) is 4.74. The van der Waals surface area contributed by atoms with Gasteiger partial charge in [-0.15, -0.1) is 0 Å². The van der Waals surface area contributed by atoms with Crippen molar-refractivity contribution in [3.8, 4) is 6.07 Å². The van der Waals surface area contributed by atoms with Crippen molar-refractivity contribution in [1.82, 2.24) is 19.3 Å². The molecule has 0 amide bonds. The number of fused-ring (bicyclic) bond motifs is 1. The van der Waals surface area contributed by atoms with Crippen LogP contribution in [-0.4, -0.2) is 45.4 Å². The summed E-state index contributed by atoms with van der Waals surface area (Å²) in [6.07, 6.45) is 6.64. The van der Waals surface area contributed by atoms with E-state index in [1.165, 1.54) is 0 Å². The van der Waals surface area contributed by atoms with Crippen LogP contribution in [0.15, 0.2) is 42.9 Å². The lowest BCUT2D eigenvalue weighted by molar-refractivity contribution is 0.282. The van der Waals surface area contributed by atoms with E-state index < -0.39 is 0 Å². The summed E-state index contributed by atoms with van der Waals surface area (Å²) >= 11 is 6.05. The minimum Gasteiger partial charge on any atom is -0.355 e. The Morgan fingerprint density at radius 2 is 2.00 bits per heavy atom. The number of hydrogen-bond donors (Lipinski definition) is 0. The third kappa shape index (κ3) is 3.64. The Hall–Kier alpha value is -2.62. The maximum absolute atomic E-state index is 8.90. The first-order valence-electron chi connectivity index (χ1n) is 8.68. The Morgan fingerprint density at radius 3 is 2.81 bits per heavy atom. The number of nitrogens with zero attached hydrogens (tertiary/aromatic N) is 6. The van der Waals surface area contributed by atoms with Crippen LogP contribution in [0.5, 0.6) is 0 Å². The van der Waals surface area contributed by atoms with Crippen molar-refractivity contribution in [3.63, 3.8) is 0 Å². The van der Waals surface area contributed by atoms with Gasteiger partial charge in [-0.25, -0.2) is 9.97 Å². The first kappa shape index (κ1) is 16.8. The largest absolute Gasteiger partial charge is 0.355 e. The van der Waals surface area contributed by atoms with Crippen molar-refractivity contribution in [3.05, 3.63) is 59.1 Å². The van der Waals surface area contributed by atoms with E-state index >= 15 is 0 Å². The summed E-state index contributed by atoms with van der Waals surface area (Å²) in [5.74, 6) is 0.938. The number of nitriles is 1. The highest BCUT2D eigenvalue weighted by atomic mass is 35.5. The van der Waals surface area contributed by atoms with E-state index in [1.54, 1.807) is 6.20 Å². The molecule has 1 saturated heterocycles. The van der Waals surface area contributed by atoms with Crippen LogP contribution in [0.3, 0.4) is 0 Å². The van der Waals surface area contributed by atoms with Crippen LogP contribution in [-0.2, 0) is 6.54 Å². The van der Waals surface area contributed by atoms with Gasteiger partial charge in [-0.2, -0.15) is 5.26 Å². The molecule has 3 aromatic heterocycles. The fourth-order valence-corrected chi connectivity index (χ4v) is 3.49. The summed E-state index contributed by atoms with van der Waals surface area (Å²) in [4.78, 5) is 13.8. The van der Waals surface area contributed by atoms with Gasteiger partial charge in [0.25, 0.3) is 0 Å². The zero-order valence-corrected chi connectivity index (χ0v) is 15.1. The molecule has 1 fully saturated rings. The van der Waals surface area contributed by atoms with Gasteiger partial charge in [-0.1, -0.05) is 11.6 Å². The summed E-state index contributed by atoms with van der Waals surface area (Å²) in [7, 11) is 0. The van der Waals surface area contributed by atoms with E-state index in [1.807, 2.05) is 41.1 Å². The van der Waals surface area contributed by atoms with Crippen molar-refractivity contribution >= 4 is 23.1 Å². The van der Waals surface area contributed by atoms with E-state index in [0.29, 0.717) is 10.6 Å². The third-order valence-electron chi connectivity index (χ3n) is 4.64. The van der Waals surface area contributed by atoms with Crippen LogP contribution in [0.1, 0.15) is 17.7 Å². The molecule has 0 N–H and O–H groups in total.